The molecule has 0 amide bonds. The second kappa shape index (κ2) is 5.65. The Labute approximate surface area is 92.4 Å². The van der Waals surface area contributed by atoms with Crippen LogP contribution in [-0.2, 0) is 16.4 Å². The van der Waals surface area contributed by atoms with E-state index in [-0.39, 0.29) is 11.6 Å². The fourth-order valence-corrected chi connectivity index (χ4v) is 2.85. The first-order valence-electron chi connectivity index (χ1n) is 4.06. The van der Waals surface area contributed by atoms with Crippen molar-refractivity contribution in [1.29, 1.82) is 0 Å². The Kier molecular flexibility index (Phi) is 4.80. The Morgan fingerprint density at radius 2 is 2.36 bits per heavy atom. The maximum absolute atomic E-state index is 11.1. The molecule has 80 valence electrons. The number of halogens is 1. The molecule has 0 fully saturated rings. The van der Waals surface area contributed by atoms with Crippen LogP contribution in [0.1, 0.15) is 5.01 Å². The Morgan fingerprint density at radius 1 is 1.57 bits per heavy atom. The van der Waals surface area contributed by atoms with Crippen molar-refractivity contribution in [3.05, 3.63) is 16.6 Å². The number of nitrogens with one attached hydrogen (secondary N) is 1. The van der Waals surface area contributed by atoms with E-state index in [0.29, 0.717) is 13.0 Å². The van der Waals surface area contributed by atoms with Crippen LogP contribution >= 0.6 is 22.9 Å². The van der Waals surface area contributed by atoms with Gasteiger partial charge in [-0.05, 0) is 0 Å². The molecule has 0 aromatic carbocycles. The lowest BCUT2D eigenvalue weighted by Crippen LogP contribution is -2.28. The van der Waals surface area contributed by atoms with Crippen molar-refractivity contribution in [2.45, 2.75) is 6.42 Å². The fraction of sp³-hybridized carbons (Fsp3) is 0.571. The molecule has 0 saturated carbocycles. The maximum atomic E-state index is 11.1. The average Bonchev–Trinajstić information content (AvgIpc) is 2.56. The molecule has 1 N–H and O–H groups in total. The van der Waals surface area contributed by atoms with Gasteiger partial charge in [0.05, 0.1) is 10.8 Å². The van der Waals surface area contributed by atoms with Gasteiger partial charge in [0.15, 0.2) is 0 Å². The summed E-state index contributed by atoms with van der Waals surface area (Å²) >= 11 is 6.85. The molecule has 0 spiro atoms. The molecule has 1 aromatic rings. The van der Waals surface area contributed by atoms with E-state index in [1.807, 2.05) is 5.38 Å². The van der Waals surface area contributed by atoms with E-state index < -0.39 is 10.0 Å². The first-order valence-corrected chi connectivity index (χ1v) is 7.12. The monoisotopic (exact) mass is 254 g/mol. The molecule has 1 rings (SSSR count). The van der Waals surface area contributed by atoms with Gasteiger partial charge in [-0.15, -0.1) is 22.9 Å². The average molecular weight is 255 g/mol. The van der Waals surface area contributed by atoms with Crippen LogP contribution in [0.25, 0.3) is 0 Å². The molecule has 0 aliphatic carbocycles. The lowest BCUT2D eigenvalue weighted by molar-refractivity contribution is 0.583. The van der Waals surface area contributed by atoms with Gasteiger partial charge in [-0.2, -0.15) is 0 Å². The van der Waals surface area contributed by atoms with Crippen LogP contribution in [0, 0.1) is 0 Å². The Hall–Kier alpha value is -0.170. The Morgan fingerprint density at radius 3 is 2.93 bits per heavy atom. The Bertz CT molecular complexity index is 350. The molecule has 0 atom stereocenters. The predicted molar refractivity (Wildman–Crippen MR) is 58.3 cm³/mol. The first-order chi connectivity index (χ1) is 6.64. The number of hydrogen-bond donors (Lipinski definition) is 1. The van der Waals surface area contributed by atoms with Gasteiger partial charge in [-0.25, -0.2) is 18.1 Å². The SMILES string of the molecule is O=S(=O)(CCCl)NCCc1nccs1. The zero-order valence-electron chi connectivity index (χ0n) is 7.44. The molecule has 14 heavy (non-hydrogen) atoms. The predicted octanol–water partition coefficient (Wildman–Crippen LogP) is 0.844. The van der Waals surface area contributed by atoms with Crippen LogP contribution in [0.5, 0.6) is 0 Å². The highest BCUT2D eigenvalue weighted by atomic mass is 35.5. The Balaban J connectivity index is 2.28. The van der Waals surface area contributed by atoms with E-state index in [0.717, 1.165) is 5.01 Å². The van der Waals surface area contributed by atoms with Crippen LogP contribution in [0.3, 0.4) is 0 Å². The minimum Gasteiger partial charge on any atom is -0.250 e. The number of sulfonamides is 1. The molecule has 0 bridgehead atoms. The topological polar surface area (TPSA) is 59.1 Å². The van der Waals surface area contributed by atoms with Crippen molar-refractivity contribution < 1.29 is 8.42 Å². The summed E-state index contributed by atoms with van der Waals surface area (Å²) in [6.45, 7) is 0.382. The van der Waals surface area contributed by atoms with Gasteiger partial charge >= 0.3 is 0 Å². The van der Waals surface area contributed by atoms with Gasteiger partial charge in [0.25, 0.3) is 0 Å². The lowest BCUT2D eigenvalue weighted by Gasteiger charge is -2.02. The second-order valence-electron chi connectivity index (χ2n) is 2.58. The van der Waals surface area contributed by atoms with Gasteiger partial charge in [-0.3, -0.25) is 0 Å². The smallest absolute Gasteiger partial charge is 0.212 e. The summed E-state index contributed by atoms with van der Waals surface area (Å²) in [5.74, 6) is 0.0824. The second-order valence-corrected chi connectivity index (χ2v) is 5.86. The summed E-state index contributed by atoms with van der Waals surface area (Å²) in [4.78, 5) is 4.04. The third-order valence-corrected chi connectivity index (χ3v) is 4.13. The summed E-state index contributed by atoms with van der Waals surface area (Å²) in [6.07, 6.45) is 2.33. The number of thiazole rings is 1. The van der Waals surface area contributed by atoms with Crippen LogP contribution in [0.4, 0.5) is 0 Å². The molecule has 0 aliphatic rings. The lowest BCUT2D eigenvalue weighted by atomic mass is 10.5. The minimum absolute atomic E-state index is 0.0353. The van der Waals surface area contributed by atoms with E-state index in [2.05, 4.69) is 9.71 Å². The highest BCUT2D eigenvalue weighted by molar-refractivity contribution is 7.89. The summed E-state index contributed by atoms with van der Waals surface area (Å²) < 4.78 is 24.7. The van der Waals surface area contributed by atoms with Crippen LogP contribution < -0.4 is 4.72 Å². The van der Waals surface area contributed by atoms with Gasteiger partial charge in [0, 0.05) is 30.4 Å². The van der Waals surface area contributed by atoms with Crippen LogP contribution in [0.15, 0.2) is 11.6 Å². The van der Waals surface area contributed by atoms with E-state index in [9.17, 15) is 8.42 Å². The largest absolute Gasteiger partial charge is 0.250 e. The molecular weight excluding hydrogens is 244 g/mol. The number of rotatable bonds is 6. The van der Waals surface area contributed by atoms with Gasteiger partial charge in [-0.1, -0.05) is 0 Å². The van der Waals surface area contributed by atoms with E-state index in [4.69, 9.17) is 11.6 Å². The molecule has 0 radical (unpaired) electrons. The molecule has 1 aromatic heterocycles. The van der Waals surface area contributed by atoms with Crippen molar-refractivity contribution in [2.75, 3.05) is 18.2 Å². The molecule has 7 heteroatoms. The number of hydrogen-bond acceptors (Lipinski definition) is 4. The zero-order valence-corrected chi connectivity index (χ0v) is 9.83. The molecule has 4 nitrogen and oxygen atoms in total. The van der Waals surface area contributed by atoms with Crippen molar-refractivity contribution in [3.63, 3.8) is 0 Å². The maximum Gasteiger partial charge on any atom is 0.212 e. The standard InChI is InChI=1S/C7H11ClN2O2S2/c8-2-6-14(11,12)10-3-1-7-9-4-5-13-7/h4-5,10H,1-3,6H2. The van der Waals surface area contributed by atoms with Gasteiger partial charge in [0.1, 0.15) is 0 Å². The molecule has 0 aliphatic heterocycles. The summed E-state index contributed by atoms with van der Waals surface area (Å²) in [7, 11) is -3.19. The normalized spacial score (nSPS) is 11.8. The molecular formula is C7H11ClN2O2S2. The summed E-state index contributed by atoms with van der Waals surface area (Å²) in [6, 6.07) is 0. The number of nitrogens with zero attached hydrogens (tertiary/aromatic N) is 1. The molecule has 0 unspecified atom stereocenters. The van der Waals surface area contributed by atoms with Gasteiger partial charge in [0.2, 0.25) is 10.0 Å². The summed E-state index contributed by atoms with van der Waals surface area (Å²) in [5, 5.41) is 2.79. The van der Waals surface area contributed by atoms with E-state index >= 15 is 0 Å². The van der Waals surface area contributed by atoms with E-state index in [1.54, 1.807) is 6.20 Å². The third-order valence-electron chi connectivity index (χ3n) is 1.49. The number of aromatic nitrogens is 1. The highest BCUT2D eigenvalue weighted by Crippen LogP contribution is 2.03. The van der Waals surface area contributed by atoms with E-state index in [1.165, 1.54) is 11.3 Å². The zero-order chi connectivity index (χ0) is 10.4. The van der Waals surface area contributed by atoms with Crippen molar-refractivity contribution >= 4 is 33.0 Å². The van der Waals surface area contributed by atoms with Crippen molar-refractivity contribution in [3.8, 4) is 0 Å². The highest BCUT2D eigenvalue weighted by Gasteiger charge is 2.08. The fourth-order valence-electron chi connectivity index (χ4n) is 0.864. The van der Waals surface area contributed by atoms with Crippen LogP contribution in [-0.4, -0.2) is 31.6 Å². The molecule has 1 heterocycles. The molecule has 0 saturated heterocycles. The third kappa shape index (κ3) is 4.36. The van der Waals surface area contributed by atoms with Crippen LogP contribution in [0.2, 0.25) is 0 Å². The first kappa shape index (κ1) is 11.9. The number of alkyl halides is 1. The van der Waals surface area contributed by atoms with Gasteiger partial charge < -0.3 is 0 Å². The van der Waals surface area contributed by atoms with Crippen molar-refractivity contribution in [1.82, 2.24) is 9.71 Å². The summed E-state index contributed by atoms with van der Waals surface area (Å²) in [5.41, 5.74) is 0. The van der Waals surface area contributed by atoms with Crippen molar-refractivity contribution in [2.24, 2.45) is 0 Å². The quantitative estimate of drug-likeness (QED) is 0.766. The minimum atomic E-state index is -3.19.